The fourth-order valence-corrected chi connectivity index (χ4v) is 4.63. The molecule has 33 heavy (non-hydrogen) atoms. The Hall–Kier alpha value is -3.72. The van der Waals surface area contributed by atoms with Gasteiger partial charge in [0.1, 0.15) is 10.3 Å². The number of thiazole rings is 1. The number of hydrogen-bond donors (Lipinski definition) is 1. The van der Waals surface area contributed by atoms with Crippen molar-refractivity contribution in [2.24, 2.45) is 0 Å². The summed E-state index contributed by atoms with van der Waals surface area (Å²) in [6.45, 7) is 1.85. The van der Waals surface area contributed by atoms with E-state index in [1.165, 1.54) is 28.0 Å². The number of nitrogens with one attached hydrogen (secondary N) is 1. The van der Waals surface area contributed by atoms with Crippen molar-refractivity contribution in [3.8, 4) is 5.69 Å². The van der Waals surface area contributed by atoms with E-state index in [1.54, 1.807) is 54.2 Å². The Morgan fingerprint density at radius 1 is 1.03 bits per heavy atom. The highest BCUT2D eigenvalue weighted by Crippen LogP contribution is 2.35. The van der Waals surface area contributed by atoms with E-state index < -0.39 is 23.3 Å². The third-order valence-electron chi connectivity index (χ3n) is 5.45. The SMILES string of the molecule is CC(Nc1ccnc2scnc12)c1cc2cccc(C(F)(F)F)c2c(=O)n1-c1ccccc1. The zero-order valence-corrected chi connectivity index (χ0v) is 18.1. The van der Waals surface area contributed by atoms with Gasteiger partial charge in [-0.05, 0) is 42.6 Å². The van der Waals surface area contributed by atoms with Crippen molar-refractivity contribution in [3.05, 3.63) is 94.0 Å². The van der Waals surface area contributed by atoms with E-state index in [2.05, 4.69) is 15.3 Å². The molecule has 1 atom stereocenters. The fraction of sp³-hybridized carbons (Fsp3) is 0.125. The van der Waals surface area contributed by atoms with E-state index in [-0.39, 0.29) is 10.8 Å². The summed E-state index contributed by atoms with van der Waals surface area (Å²) in [5.74, 6) is 0. The van der Waals surface area contributed by atoms with Crippen LogP contribution in [-0.2, 0) is 6.18 Å². The molecule has 3 heterocycles. The standard InChI is InChI=1S/C24H17F3N4OS/c1-14(30-18-10-11-28-22-21(18)29-13-33-22)19-12-15-6-5-9-17(24(25,26)27)20(15)23(32)31(19)16-7-3-2-4-8-16/h2-14H,1H3,(H,28,30). The molecule has 0 spiro atoms. The van der Waals surface area contributed by atoms with Crippen molar-refractivity contribution in [2.75, 3.05) is 5.32 Å². The Morgan fingerprint density at radius 3 is 2.58 bits per heavy atom. The summed E-state index contributed by atoms with van der Waals surface area (Å²) in [7, 11) is 0. The summed E-state index contributed by atoms with van der Waals surface area (Å²) in [5.41, 5.74) is 2.47. The lowest BCUT2D eigenvalue weighted by Gasteiger charge is -2.22. The number of benzene rings is 2. The lowest BCUT2D eigenvalue weighted by molar-refractivity contribution is -0.136. The highest BCUT2D eigenvalue weighted by molar-refractivity contribution is 7.16. The summed E-state index contributed by atoms with van der Waals surface area (Å²) >= 11 is 1.41. The van der Waals surface area contributed by atoms with Crippen molar-refractivity contribution in [1.29, 1.82) is 0 Å². The van der Waals surface area contributed by atoms with Crippen LogP contribution in [0, 0.1) is 0 Å². The number of fused-ring (bicyclic) bond motifs is 2. The number of para-hydroxylation sites is 1. The number of hydrogen-bond acceptors (Lipinski definition) is 5. The molecule has 5 nitrogen and oxygen atoms in total. The van der Waals surface area contributed by atoms with Gasteiger partial charge in [0.05, 0.1) is 28.2 Å². The highest BCUT2D eigenvalue weighted by atomic mass is 32.1. The van der Waals surface area contributed by atoms with E-state index in [0.29, 0.717) is 16.9 Å². The first-order valence-electron chi connectivity index (χ1n) is 10.1. The minimum absolute atomic E-state index is 0.235. The average Bonchev–Trinajstić information content (AvgIpc) is 3.28. The van der Waals surface area contributed by atoms with E-state index in [4.69, 9.17) is 0 Å². The van der Waals surface area contributed by atoms with Crippen molar-refractivity contribution in [1.82, 2.24) is 14.5 Å². The van der Waals surface area contributed by atoms with Crippen LogP contribution >= 0.6 is 11.3 Å². The molecular weight excluding hydrogens is 449 g/mol. The second-order valence-electron chi connectivity index (χ2n) is 7.54. The average molecular weight is 466 g/mol. The Labute approximate surface area is 190 Å². The lowest BCUT2D eigenvalue weighted by atomic mass is 10.0. The van der Waals surface area contributed by atoms with Gasteiger partial charge < -0.3 is 5.32 Å². The van der Waals surface area contributed by atoms with Crippen LogP contribution in [0.2, 0.25) is 0 Å². The molecule has 0 amide bonds. The molecule has 0 bridgehead atoms. The molecule has 166 valence electrons. The number of pyridine rings is 2. The van der Waals surface area contributed by atoms with Crippen LogP contribution in [-0.4, -0.2) is 14.5 Å². The molecule has 0 aliphatic carbocycles. The predicted molar refractivity (Wildman–Crippen MR) is 124 cm³/mol. The van der Waals surface area contributed by atoms with Crippen LogP contribution in [0.5, 0.6) is 0 Å². The number of nitrogens with zero attached hydrogens (tertiary/aromatic N) is 3. The summed E-state index contributed by atoms with van der Waals surface area (Å²) < 4.78 is 42.5. The highest BCUT2D eigenvalue weighted by Gasteiger charge is 2.34. The molecule has 0 saturated heterocycles. The Balaban J connectivity index is 1.74. The van der Waals surface area contributed by atoms with Gasteiger partial charge in [-0.25, -0.2) is 9.97 Å². The first-order chi connectivity index (χ1) is 15.8. The monoisotopic (exact) mass is 466 g/mol. The van der Waals surface area contributed by atoms with Crippen molar-refractivity contribution >= 4 is 38.1 Å². The van der Waals surface area contributed by atoms with Gasteiger partial charge in [-0.1, -0.05) is 30.3 Å². The topological polar surface area (TPSA) is 59.8 Å². The minimum Gasteiger partial charge on any atom is -0.375 e. The number of anilines is 1. The maximum absolute atomic E-state index is 13.7. The second-order valence-corrected chi connectivity index (χ2v) is 8.38. The summed E-state index contributed by atoms with van der Waals surface area (Å²) in [4.78, 5) is 23.0. The largest absolute Gasteiger partial charge is 0.417 e. The Morgan fingerprint density at radius 2 is 1.82 bits per heavy atom. The molecule has 3 aromatic heterocycles. The maximum atomic E-state index is 13.7. The van der Waals surface area contributed by atoms with Gasteiger partial charge >= 0.3 is 6.18 Å². The van der Waals surface area contributed by atoms with Crippen LogP contribution < -0.4 is 10.9 Å². The van der Waals surface area contributed by atoms with Gasteiger partial charge in [0.2, 0.25) is 0 Å². The third-order valence-corrected chi connectivity index (χ3v) is 6.18. The maximum Gasteiger partial charge on any atom is 0.417 e. The first kappa shape index (κ1) is 21.1. The van der Waals surface area contributed by atoms with Gasteiger partial charge in [-0.15, -0.1) is 11.3 Å². The van der Waals surface area contributed by atoms with Crippen LogP contribution in [0.1, 0.15) is 24.2 Å². The molecule has 1 unspecified atom stereocenters. The van der Waals surface area contributed by atoms with E-state index in [1.807, 2.05) is 6.92 Å². The molecule has 2 aromatic carbocycles. The van der Waals surface area contributed by atoms with Gasteiger partial charge in [0.25, 0.3) is 5.56 Å². The van der Waals surface area contributed by atoms with Crippen molar-refractivity contribution < 1.29 is 13.2 Å². The second kappa shape index (κ2) is 8.00. The van der Waals surface area contributed by atoms with Gasteiger partial charge in [0, 0.05) is 17.6 Å². The molecule has 5 rings (SSSR count). The van der Waals surface area contributed by atoms with Crippen LogP contribution in [0.3, 0.4) is 0 Å². The smallest absolute Gasteiger partial charge is 0.375 e. The fourth-order valence-electron chi connectivity index (χ4n) is 3.98. The van der Waals surface area contributed by atoms with E-state index in [0.717, 1.165) is 16.6 Å². The molecule has 0 radical (unpaired) electrons. The van der Waals surface area contributed by atoms with E-state index >= 15 is 0 Å². The predicted octanol–water partition coefficient (Wildman–Crippen LogP) is 6.19. The summed E-state index contributed by atoms with van der Waals surface area (Å²) in [6.07, 6.45) is -2.98. The van der Waals surface area contributed by atoms with Crippen molar-refractivity contribution in [3.63, 3.8) is 0 Å². The molecule has 1 N–H and O–H groups in total. The van der Waals surface area contributed by atoms with Crippen LogP contribution in [0.25, 0.3) is 26.8 Å². The normalized spacial score (nSPS) is 12.8. The minimum atomic E-state index is -4.65. The Bertz CT molecular complexity index is 1530. The van der Waals surface area contributed by atoms with Crippen molar-refractivity contribution in [2.45, 2.75) is 19.1 Å². The molecule has 0 saturated carbocycles. The molecule has 0 fully saturated rings. The lowest BCUT2D eigenvalue weighted by Crippen LogP contribution is -2.27. The number of rotatable bonds is 4. The zero-order chi connectivity index (χ0) is 23.2. The molecule has 5 aromatic rings. The quantitative estimate of drug-likeness (QED) is 0.343. The number of alkyl halides is 3. The summed E-state index contributed by atoms with van der Waals surface area (Å²) in [5, 5.41) is 3.24. The van der Waals surface area contributed by atoms with E-state index in [9.17, 15) is 18.0 Å². The van der Waals surface area contributed by atoms with Crippen LogP contribution in [0.4, 0.5) is 18.9 Å². The molecule has 0 aliphatic heterocycles. The van der Waals surface area contributed by atoms with Gasteiger partial charge in [-0.3, -0.25) is 9.36 Å². The molecular formula is C24H17F3N4OS. The number of halogens is 3. The zero-order valence-electron chi connectivity index (χ0n) is 17.3. The Kier molecular flexibility index (Phi) is 5.13. The number of aromatic nitrogens is 3. The van der Waals surface area contributed by atoms with Crippen LogP contribution in [0.15, 0.2) is 77.2 Å². The van der Waals surface area contributed by atoms with Gasteiger partial charge in [0.15, 0.2) is 0 Å². The molecule has 9 heteroatoms. The molecule has 0 aliphatic rings. The van der Waals surface area contributed by atoms with Gasteiger partial charge in [-0.2, -0.15) is 13.2 Å². The first-order valence-corrected chi connectivity index (χ1v) is 11.0. The summed E-state index contributed by atoms with van der Waals surface area (Å²) in [6, 6.07) is 15.5. The third kappa shape index (κ3) is 3.74.